The second-order valence-electron chi connectivity index (χ2n) is 5.13. The fourth-order valence-electron chi connectivity index (χ4n) is 2.39. The summed E-state index contributed by atoms with van der Waals surface area (Å²) in [6.45, 7) is 0.588. The van der Waals surface area contributed by atoms with Crippen LogP contribution < -0.4 is 5.73 Å². The van der Waals surface area contributed by atoms with E-state index < -0.39 is 0 Å². The van der Waals surface area contributed by atoms with Crippen LogP contribution in [-0.4, -0.2) is 48.3 Å². The number of hydrogen-bond acceptors (Lipinski definition) is 3. The van der Waals surface area contributed by atoms with Gasteiger partial charge in [0.2, 0.25) is 5.91 Å². The molecule has 1 aliphatic heterocycles. The van der Waals surface area contributed by atoms with Gasteiger partial charge in [-0.05, 0) is 31.0 Å². The number of carbonyl (C=O) groups excluding carboxylic acids is 2. The Bertz CT molecular complexity index is 545. The summed E-state index contributed by atoms with van der Waals surface area (Å²) >= 11 is 5.94. The Hall–Kier alpha value is -1.75. The quantitative estimate of drug-likeness (QED) is 0.843. The minimum atomic E-state index is -0.381. The maximum Gasteiger partial charge on any atom is 0.254 e. The van der Waals surface area contributed by atoms with Crippen LogP contribution in [0, 0.1) is 0 Å². The van der Waals surface area contributed by atoms with Crippen molar-refractivity contribution in [1.82, 2.24) is 9.80 Å². The number of nitrogen functional groups attached to an aromatic ring is 1. The molecular weight excluding hydrogens is 278 g/mol. The van der Waals surface area contributed by atoms with E-state index in [1.807, 2.05) is 0 Å². The zero-order chi connectivity index (χ0) is 14.9. The van der Waals surface area contributed by atoms with Crippen molar-refractivity contribution in [3.63, 3.8) is 0 Å². The van der Waals surface area contributed by atoms with Crippen LogP contribution in [0.3, 0.4) is 0 Å². The van der Waals surface area contributed by atoms with Crippen molar-refractivity contribution in [2.24, 2.45) is 0 Å². The fraction of sp³-hybridized carbons (Fsp3) is 0.429. The summed E-state index contributed by atoms with van der Waals surface area (Å²) in [5.41, 5.74) is 6.54. The van der Waals surface area contributed by atoms with Gasteiger partial charge in [-0.3, -0.25) is 9.59 Å². The second kappa shape index (κ2) is 5.71. The molecule has 108 valence electrons. The molecule has 0 bridgehead atoms. The summed E-state index contributed by atoms with van der Waals surface area (Å²) in [7, 11) is 3.40. The molecule has 0 saturated carbocycles. The van der Waals surface area contributed by atoms with Gasteiger partial charge in [-0.25, -0.2) is 0 Å². The van der Waals surface area contributed by atoms with E-state index in [0.29, 0.717) is 29.2 Å². The molecule has 2 N–H and O–H groups in total. The maximum atomic E-state index is 12.5. The largest absolute Gasteiger partial charge is 0.398 e. The van der Waals surface area contributed by atoms with E-state index in [1.54, 1.807) is 37.2 Å². The number of likely N-dealkylation sites (N-methyl/N-ethyl adjacent to an activating group) is 1. The van der Waals surface area contributed by atoms with Crippen molar-refractivity contribution in [2.45, 2.75) is 18.9 Å². The number of rotatable bonds is 2. The first-order chi connectivity index (χ1) is 9.41. The third kappa shape index (κ3) is 2.72. The van der Waals surface area contributed by atoms with E-state index in [2.05, 4.69) is 0 Å². The van der Waals surface area contributed by atoms with Gasteiger partial charge in [0.1, 0.15) is 6.04 Å². The fourth-order valence-corrected chi connectivity index (χ4v) is 2.57. The lowest BCUT2D eigenvalue weighted by atomic mass is 10.1. The van der Waals surface area contributed by atoms with Crippen molar-refractivity contribution in [2.75, 3.05) is 26.4 Å². The van der Waals surface area contributed by atoms with Crippen molar-refractivity contribution in [3.05, 3.63) is 28.8 Å². The Kier molecular flexibility index (Phi) is 4.18. The smallest absolute Gasteiger partial charge is 0.254 e. The highest BCUT2D eigenvalue weighted by atomic mass is 35.5. The molecule has 0 radical (unpaired) electrons. The predicted molar refractivity (Wildman–Crippen MR) is 78.6 cm³/mol. The van der Waals surface area contributed by atoms with Crippen LogP contribution in [0.25, 0.3) is 0 Å². The monoisotopic (exact) mass is 295 g/mol. The van der Waals surface area contributed by atoms with Crippen molar-refractivity contribution < 1.29 is 9.59 Å². The Morgan fingerprint density at radius 3 is 2.70 bits per heavy atom. The Balaban J connectivity index is 2.23. The summed E-state index contributed by atoms with van der Waals surface area (Å²) in [5, 5.41) is 0.352. The number of nitrogens with zero attached hydrogens (tertiary/aromatic N) is 2. The van der Waals surface area contributed by atoms with E-state index >= 15 is 0 Å². The number of hydrogen-bond donors (Lipinski definition) is 1. The molecule has 1 aliphatic rings. The highest BCUT2D eigenvalue weighted by Crippen LogP contribution is 2.24. The van der Waals surface area contributed by atoms with Gasteiger partial charge >= 0.3 is 0 Å². The molecule has 0 aliphatic carbocycles. The molecule has 1 unspecified atom stereocenters. The molecule has 1 saturated heterocycles. The van der Waals surface area contributed by atoms with Gasteiger partial charge in [0.25, 0.3) is 5.91 Å². The van der Waals surface area contributed by atoms with E-state index in [4.69, 9.17) is 17.3 Å². The summed E-state index contributed by atoms with van der Waals surface area (Å²) in [4.78, 5) is 27.7. The molecule has 1 fully saturated rings. The highest BCUT2D eigenvalue weighted by Gasteiger charge is 2.35. The van der Waals surface area contributed by atoms with E-state index in [9.17, 15) is 9.59 Å². The molecule has 0 aromatic heterocycles. The number of nitrogens with two attached hydrogens (primary N) is 1. The molecule has 1 atom stereocenters. The van der Waals surface area contributed by atoms with Gasteiger partial charge in [0, 0.05) is 26.2 Å². The summed E-state index contributed by atoms with van der Waals surface area (Å²) in [6.07, 6.45) is 1.53. The van der Waals surface area contributed by atoms with Crippen molar-refractivity contribution >= 4 is 29.1 Å². The minimum Gasteiger partial charge on any atom is -0.398 e. The van der Waals surface area contributed by atoms with Crippen LogP contribution in [-0.2, 0) is 4.79 Å². The van der Waals surface area contributed by atoms with Crippen molar-refractivity contribution in [3.8, 4) is 0 Å². The zero-order valence-electron chi connectivity index (χ0n) is 11.6. The topological polar surface area (TPSA) is 66.6 Å². The van der Waals surface area contributed by atoms with Gasteiger partial charge in [-0.1, -0.05) is 11.6 Å². The summed E-state index contributed by atoms with van der Waals surface area (Å²) in [6, 6.07) is 4.41. The normalized spacial score (nSPS) is 18.1. The third-order valence-electron chi connectivity index (χ3n) is 3.49. The Labute approximate surface area is 123 Å². The van der Waals surface area contributed by atoms with Crippen molar-refractivity contribution in [1.29, 1.82) is 0 Å². The maximum absolute atomic E-state index is 12.5. The summed E-state index contributed by atoms with van der Waals surface area (Å²) in [5.74, 6) is -0.220. The van der Waals surface area contributed by atoms with E-state index in [1.165, 1.54) is 4.90 Å². The molecule has 6 heteroatoms. The SMILES string of the molecule is CN(C)C(=O)C1CCCN1C(=O)c1ccc(N)c(Cl)c1. The lowest BCUT2D eigenvalue weighted by molar-refractivity contribution is -0.132. The molecule has 0 spiro atoms. The van der Waals surface area contributed by atoms with Crippen LogP contribution in [0.15, 0.2) is 18.2 Å². The molecule has 2 amide bonds. The van der Waals surface area contributed by atoms with Gasteiger partial charge in [0.05, 0.1) is 10.7 Å². The highest BCUT2D eigenvalue weighted by molar-refractivity contribution is 6.33. The van der Waals surface area contributed by atoms with Gasteiger partial charge in [0.15, 0.2) is 0 Å². The average molecular weight is 296 g/mol. The first-order valence-electron chi connectivity index (χ1n) is 6.49. The molecule has 1 heterocycles. The van der Waals surface area contributed by atoms with Crippen LogP contribution >= 0.6 is 11.6 Å². The lowest BCUT2D eigenvalue weighted by Crippen LogP contribution is -2.45. The van der Waals surface area contributed by atoms with Gasteiger partial charge in [-0.2, -0.15) is 0 Å². The molecule has 1 aromatic rings. The first kappa shape index (κ1) is 14.7. The third-order valence-corrected chi connectivity index (χ3v) is 3.81. The Morgan fingerprint density at radius 2 is 2.10 bits per heavy atom. The van der Waals surface area contributed by atoms with Crippen LogP contribution in [0.1, 0.15) is 23.2 Å². The number of benzene rings is 1. The van der Waals surface area contributed by atoms with Gasteiger partial charge < -0.3 is 15.5 Å². The molecular formula is C14H18ClN3O2. The number of amides is 2. The minimum absolute atomic E-state index is 0.0441. The zero-order valence-corrected chi connectivity index (χ0v) is 12.4. The van der Waals surface area contributed by atoms with Gasteiger partial charge in [-0.15, -0.1) is 0 Å². The van der Waals surface area contributed by atoms with Crippen LogP contribution in [0.5, 0.6) is 0 Å². The van der Waals surface area contributed by atoms with E-state index in [0.717, 1.165) is 6.42 Å². The first-order valence-corrected chi connectivity index (χ1v) is 6.86. The standard InChI is InChI=1S/C14H18ClN3O2/c1-17(2)14(20)12-4-3-7-18(12)13(19)9-5-6-11(16)10(15)8-9/h5-6,8,12H,3-4,7,16H2,1-2H3. The predicted octanol–water partition coefficient (Wildman–Crippen LogP) is 1.61. The second-order valence-corrected chi connectivity index (χ2v) is 5.53. The Morgan fingerprint density at radius 1 is 1.40 bits per heavy atom. The number of halogens is 1. The number of carbonyl (C=O) groups is 2. The number of anilines is 1. The lowest BCUT2D eigenvalue weighted by Gasteiger charge is -2.26. The molecule has 1 aromatic carbocycles. The van der Waals surface area contributed by atoms with Crippen LogP contribution in [0.2, 0.25) is 5.02 Å². The molecule has 2 rings (SSSR count). The van der Waals surface area contributed by atoms with E-state index in [-0.39, 0.29) is 17.9 Å². The molecule has 20 heavy (non-hydrogen) atoms. The summed E-state index contributed by atoms with van der Waals surface area (Å²) < 4.78 is 0. The molecule has 5 nitrogen and oxygen atoms in total. The van der Waals surface area contributed by atoms with Crippen LogP contribution in [0.4, 0.5) is 5.69 Å². The number of likely N-dealkylation sites (tertiary alicyclic amines) is 1. The average Bonchev–Trinajstić information content (AvgIpc) is 2.89.